The van der Waals surface area contributed by atoms with E-state index >= 15 is 0 Å². The van der Waals surface area contributed by atoms with Gasteiger partial charge in [0.15, 0.2) is 0 Å². The van der Waals surface area contributed by atoms with Gasteiger partial charge in [-0.1, -0.05) is 12.1 Å². The van der Waals surface area contributed by atoms with Crippen molar-refractivity contribution >= 4 is 6.16 Å². The predicted octanol–water partition coefficient (Wildman–Crippen LogP) is 1.46. The first-order valence-corrected chi connectivity index (χ1v) is 11.1. The molecule has 0 amide bonds. The molecule has 1 aromatic carbocycles. The van der Waals surface area contributed by atoms with Crippen molar-refractivity contribution in [2.75, 3.05) is 13.2 Å². The van der Waals surface area contributed by atoms with E-state index in [1.165, 1.54) is 0 Å². The van der Waals surface area contributed by atoms with Crippen molar-refractivity contribution < 1.29 is 43.8 Å². The zero-order chi connectivity index (χ0) is 24.8. The summed E-state index contributed by atoms with van der Waals surface area (Å²) in [6.45, 7) is 7.08. The second-order valence-electron chi connectivity index (χ2n) is 8.25. The van der Waals surface area contributed by atoms with Crippen molar-refractivity contribution in [3.8, 4) is 11.6 Å². The third-order valence-electron chi connectivity index (χ3n) is 5.24. The van der Waals surface area contributed by atoms with Gasteiger partial charge in [-0.05, 0) is 45.4 Å². The van der Waals surface area contributed by atoms with Crippen LogP contribution in [0.1, 0.15) is 37.6 Å². The minimum atomic E-state index is -1.59. The molecule has 1 saturated heterocycles. The molecular weight excluding hydrogens is 448 g/mol. The van der Waals surface area contributed by atoms with Crippen LogP contribution in [-0.2, 0) is 20.6 Å². The number of H-pyrrole nitrogens is 1. The first kappa shape index (κ1) is 25.8. The third-order valence-corrected chi connectivity index (χ3v) is 5.24. The average molecular weight is 481 g/mol. The van der Waals surface area contributed by atoms with Crippen LogP contribution in [-0.4, -0.2) is 81.7 Å². The van der Waals surface area contributed by atoms with E-state index in [1.54, 1.807) is 6.92 Å². The minimum absolute atomic E-state index is 0.0734. The maximum atomic E-state index is 11.5. The molecule has 34 heavy (non-hydrogen) atoms. The molecule has 3 rings (SSSR count). The van der Waals surface area contributed by atoms with E-state index in [2.05, 4.69) is 14.9 Å². The third kappa shape index (κ3) is 6.38. The van der Waals surface area contributed by atoms with Gasteiger partial charge >= 0.3 is 6.16 Å². The quantitative estimate of drug-likeness (QED) is 0.388. The summed E-state index contributed by atoms with van der Waals surface area (Å²) >= 11 is 0. The Labute approximate surface area is 197 Å². The lowest BCUT2D eigenvalue weighted by Gasteiger charge is -2.39. The van der Waals surface area contributed by atoms with Gasteiger partial charge in [0, 0.05) is 17.7 Å². The summed E-state index contributed by atoms with van der Waals surface area (Å²) in [7, 11) is 0. The van der Waals surface area contributed by atoms with E-state index < -0.39 is 43.5 Å². The second kappa shape index (κ2) is 11.5. The molecule has 5 atom stereocenters. The van der Waals surface area contributed by atoms with Crippen LogP contribution in [0.25, 0.3) is 0 Å². The summed E-state index contributed by atoms with van der Waals surface area (Å²) in [6, 6.07) is 7.63. The molecule has 0 bridgehead atoms. The van der Waals surface area contributed by atoms with Crippen LogP contribution in [0.4, 0.5) is 4.79 Å². The topological polar surface area (TPSA) is 153 Å². The summed E-state index contributed by atoms with van der Waals surface area (Å²) in [5.74, 6) is 0.944. The van der Waals surface area contributed by atoms with Gasteiger partial charge in [-0.15, -0.1) is 5.10 Å². The lowest BCUT2D eigenvalue weighted by Crippen LogP contribution is -2.60. The predicted molar refractivity (Wildman–Crippen MR) is 119 cm³/mol. The molecule has 4 N–H and O–H groups in total. The van der Waals surface area contributed by atoms with Crippen molar-refractivity contribution in [2.45, 2.75) is 70.9 Å². The van der Waals surface area contributed by atoms with Crippen molar-refractivity contribution in [3.05, 3.63) is 41.1 Å². The standard InChI is InChI=1S/C23H32N2O9/c1-5-30-23(29)31-11-17-18(26)19(27)20(28)22(33-17)34-21-16(13(4)24-25-21)10-14-6-8-15(9-7-14)32-12(2)3/h6-9,12,17-20,22,26-28H,5,10-11H2,1-4H3,(H,24,25)/t17-,18-,19+,20-,22+/m1/s1. The van der Waals surface area contributed by atoms with Gasteiger partial charge in [0.1, 0.15) is 36.8 Å². The van der Waals surface area contributed by atoms with Crippen LogP contribution in [0.15, 0.2) is 24.3 Å². The Bertz CT molecular complexity index is 931. The molecule has 0 radical (unpaired) electrons. The molecule has 0 saturated carbocycles. The van der Waals surface area contributed by atoms with Crippen LogP contribution in [0.5, 0.6) is 11.6 Å². The molecule has 1 aromatic heterocycles. The molecule has 0 unspecified atom stereocenters. The van der Waals surface area contributed by atoms with Gasteiger partial charge in [0.05, 0.1) is 12.7 Å². The molecule has 1 fully saturated rings. The first-order valence-electron chi connectivity index (χ1n) is 11.1. The van der Waals surface area contributed by atoms with Crippen LogP contribution in [0, 0.1) is 6.92 Å². The first-order chi connectivity index (χ1) is 16.2. The number of hydrogen-bond donors (Lipinski definition) is 4. The number of aromatic amines is 1. The Morgan fingerprint density at radius 1 is 1.12 bits per heavy atom. The van der Waals surface area contributed by atoms with Gasteiger partial charge in [0.25, 0.3) is 0 Å². The van der Waals surface area contributed by atoms with Gasteiger partial charge in [-0.25, -0.2) is 4.79 Å². The van der Waals surface area contributed by atoms with E-state index in [0.29, 0.717) is 6.42 Å². The molecule has 2 heterocycles. The lowest BCUT2D eigenvalue weighted by molar-refractivity contribution is -0.278. The zero-order valence-corrected chi connectivity index (χ0v) is 19.6. The monoisotopic (exact) mass is 480 g/mol. The highest BCUT2D eigenvalue weighted by molar-refractivity contribution is 5.59. The SMILES string of the molecule is CCOC(=O)OC[C@H]1O[C@@H](Oc2n[nH]c(C)c2Cc2ccc(OC(C)C)cc2)[C@H](O)[C@@H](O)[C@@H]1O. The van der Waals surface area contributed by atoms with E-state index in [1.807, 2.05) is 45.0 Å². The molecule has 188 valence electrons. The molecule has 1 aliphatic rings. The highest BCUT2D eigenvalue weighted by Gasteiger charge is 2.46. The number of aliphatic hydroxyl groups is 3. The number of hydrogen-bond acceptors (Lipinski definition) is 10. The fourth-order valence-corrected chi connectivity index (χ4v) is 3.47. The summed E-state index contributed by atoms with van der Waals surface area (Å²) in [6.07, 6.45) is -7.56. The number of ether oxygens (including phenoxy) is 5. The average Bonchev–Trinajstić information content (AvgIpc) is 3.13. The Morgan fingerprint density at radius 3 is 2.47 bits per heavy atom. The Hall–Kier alpha value is -2.86. The summed E-state index contributed by atoms with van der Waals surface area (Å²) in [4.78, 5) is 11.5. The van der Waals surface area contributed by atoms with Gasteiger partial charge in [-0.3, -0.25) is 5.10 Å². The molecular formula is C23H32N2O9. The van der Waals surface area contributed by atoms with Crippen molar-refractivity contribution in [1.29, 1.82) is 0 Å². The normalized spacial score (nSPS) is 24.6. The van der Waals surface area contributed by atoms with Crippen molar-refractivity contribution in [1.82, 2.24) is 10.2 Å². The number of carbonyl (C=O) groups is 1. The highest BCUT2D eigenvalue weighted by atomic mass is 16.7. The largest absolute Gasteiger partial charge is 0.508 e. The molecule has 11 nitrogen and oxygen atoms in total. The smallest absolute Gasteiger partial charge is 0.491 e. The van der Waals surface area contributed by atoms with E-state index in [4.69, 9.17) is 18.9 Å². The van der Waals surface area contributed by atoms with Crippen LogP contribution in [0.3, 0.4) is 0 Å². The molecule has 1 aliphatic heterocycles. The number of aliphatic hydroxyl groups excluding tert-OH is 3. The Kier molecular flexibility index (Phi) is 8.72. The number of aromatic nitrogens is 2. The summed E-state index contributed by atoms with van der Waals surface area (Å²) in [5, 5.41) is 37.9. The molecule has 0 aliphatic carbocycles. The van der Waals surface area contributed by atoms with Gasteiger partial charge in [0.2, 0.25) is 12.2 Å². The van der Waals surface area contributed by atoms with Crippen molar-refractivity contribution in [3.63, 3.8) is 0 Å². The lowest BCUT2D eigenvalue weighted by atomic mass is 9.99. The number of carbonyl (C=O) groups excluding carboxylic acids is 1. The maximum absolute atomic E-state index is 11.5. The van der Waals surface area contributed by atoms with Crippen molar-refractivity contribution in [2.24, 2.45) is 0 Å². The number of benzene rings is 1. The zero-order valence-electron chi connectivity index (χ0n) is 19.6. The molecule has 11 heteroatoms. The Morgan fingerprint density at radius 2 is 1.82 bits per heavy atom. The van der Waals surface area contributed by atoms with E-state index in [9.17, 15) is 20.1 Å². The number of rotatable bonds is 9. The van der Waals surface area contributed by atoms with Gasteiger partial charge < -0.3 is 39.0 Å². The second-order valence-corrected chi connectivity index (χ2v) is 8.25. The van der Waals surface area contributed by atoms with E-state index in [0.717, 1.165) is 22.6 Å². The van der Waals surface area contributed by atoms with Crippen LogP contribution in [0.2, 0.25) is 0 Å². The summed E-state index contributed by atoms with van der Waals surface area (Å²) < 4.78 is 26.6. The fourth-order valence-electron chi connectivity index (χ4n) is 3.47. The summed E-state index contributed by atoms with van der Waals surface area (Å²) in [5.41, 5.74) is 2.46. The van der Waals surface area contributed by atoms with Crippen LogP contribution < -0.4 is 9.47 Å². The highest BCUT2D eigenvalue weighted by Crippen LogP contribution is 2.28. The minimum Gasteiger partial charge on any atom is -0.491 e. The number of nitrogens with one attached hydrogen (secondary N) is 1. The fraction of sp³-hybridized carbons (Fsp3) is 0.565. The Balaban J connectivity index is 1.70. The number of nitrogens with zero attached hydrogens (tertiary/aromatic N) is 1. The maximum Gasteiger partial charge on any atom is 0.508 e. The number of aryl methyl sites for hydroxylation is 1. The van der Waals surface area contributed by atoms with Gasteiger partial charge in [-0.2, -0.15) is 0 Å². The van der Waals surface area contributed by atoms with E-state index in [-0.39, 0.29) is 18.6 Å². The van der Waals surface area contributed by atoms with Crippen LogP contribution >= 0.6 is 0 Å². The molecule has 2 aromatic rings. The molecule has 0 spiro atoms.